The van der Waals surface area contributed by atoms with Gasteiger partial charge in [0.1, 0.15) is 5.75 Å². The molecule has 0 aromatic heterocycles. The van der Waals surface area contributed by atoms with Crippen LogP contribution in [0.5, 0.6) is 5.75 Å². The van der Waals surface area contributed by atoms with Gasteiger partial charge in [0.15, 0.2) is 11.6 Å². The number of carbonyl (C=O) groups is 2. The molecule has 0 unspecified atom stereocenters. The number of ether oxygens (including phenoxy) is 1. The first-order valence-electron chi connectivity index (χ1n) is 10.0. The molecule has 1 fully saturated rings. The Labute approximate surface area is 178 Å². The van der Waals surface area contributed by atoms with Gasteiger partial charge in [0.05, 0.1) is 35.7 Å². The smallest absolute Gasteiger partial charge is 0.196 e. The zero-order valence-corrected chi connectivity index (χ0v) is 16.6. The van der Waals surface area contributed by atoms with Gasteiger partial charge in [0.25, 0.3) is 0 Å². The second-order valence-corrected chi connectivity index (χ2v) is 7.37. The number of nitrogens with zero attached hydrogens (tertiary/aromatic N) is 3. The van der Waals surface area contributed by atoms with E-state index in [2.05, 4.69) is 15.1 Å². The van der Waals surface area contributed by atoms with Crippen LogP contribution in [0, 0.1) is 0 Å². The third-order valence-electron chi connectivity index (χ3n) is 5.51. The quantitative estimate of drug-likeness (QED) is 0.502. The SMILES string of the molecule is O=C1c2ccccc2C(=O)c2c(N3CCOCC3)ccc(N=Nc3ccc(O)cc3)c21. The van der Waals surface area contributed by atoms with E-state index in [1.807, 2.05) is 6.07 Å². The number of azo groups is 1. The molecular weight excluding hydrogens is 394 g/mol. The van der Waals surface area contributed by atoms with Crippen molar-refractivity contribution in [3.63, 3.8) is 0 Å². The summed E-state index contributed by atoms with van der Waals surface area (Å²) in [5.74, 6) is -0.295. The van der Waals surface area contributed by atoms with Crippen LogP contribution in [-0.2, 0) is 4.74 Å². The predicted octanol–water partition coefficient (Wildman–Crippen LogP) is 4.42. The first kappa shape index (κ1) is 19.1. The average Bonchev–Trinajstić information content (AvgIpc) is 2.82. The monoisotopic (exact) mass is 413 g/mol. The molecule has 0 amide bonds. The molecule has 0 radical (unpaired) electrons. The molecule has 1 aliphatic heterocycles. The summed E-state index contributed by atoms with van der Waals surface area (Å²) in [6.45, 7) is 2.42. The highest BCUT2D eigenvalue weighted by Crippen LogP contribution is 2.39. The summed E-state index contributed by atoms with van der Waals surface area (Å²) in [7, 11) is 0. The van der Waals surface area contributed by atoms with Gasteiger partial charge in [0, 0.05) is 29.9 Å². The fraction of sp³-hybridized carbons (Fsp3) is 0.167. The maximum atomic E-state index is 13.5. The molecule has 7 heteroatoms. The van der Waals surface area contributed by atoms with Crippen LogP contribution in [0.4, 0.5) is 17.1 Å². The number of phenols is 1. The number of phenolic OH excluding ortho intramolecular Hbond substituents is 1. The van der Waals surface area contributed by atoms with Crippen molar-refractivity contribution in [3.05, 3.63) is 82.9 Å². The summed E-state index contributed by atoms with van der Waals surface area (Å²) in [6.07, 6.45) is 0. The number of anilines is 1. The second kappa shape index (κ2) is 7.77. The van der Waals surface area contributed by atoms with Gasteiger partial charge in [-0.3, -0.25) is 9.59 Å². The first-order chi connectivity index (χ1) is 15.1. The molecule has 31 heavy (non-hydrogen) atoms. The van der Waals surface area contributed by atoms with E-state index in [1.54, 1.807) is 42.5 Å². The van der Waals surface area contributed by atoms with Gasteiger partial charge >= 0.3 is 0 Å². The van der Waals surface area contributed by atoms with E-state index in [9.17, 15) is 14.7 Å². The zero-order valence-electron chi connectivity index (χ0n) is 16.6. The predicted molar refractivity (Wildman–Crippen MR) is 115 cm³/mol. The minimum Gasteiger partial charge on any atom is -0.508 e. The van der Waals surface area contributed by atoms with Crippen LogP contribution in [0.1, 0.15) is 31.8 Å². The molecule has 2 aliphatic rings. The zero-order chi connectivity index (χ0) is 21.4. The van der Waals surface area contributed by atoms with Crippen LogP contribution in [0.25, 0.3) is 0 Å². The maximum Gasteiger partial charge on any atom is 0.196 e. The fourth-order valence-corrected chi connectivity index (χ4v) is 3.97. The highest BCUT2D eigenvalue weighted by molar-refractivity contribution is 6.31. The third kappa shape index (κ3) is 3.39. The van der Waals surface area contributed by atoms with Crippen LogP contribution in [0.15, 0.2) is 70.9 Å². The fourth-order valence-electron chi connectivity index (χ4n) is 3.97. The lowest BCUT2D eigenvalue weighted by Gasteiger charge is -2.32. The Bertz CT molecular complexity index is 1210. The van der Waals surface area contributed by atoms with E-state index >= 15 is 0 Å². The number of carbonyl (C=O) groups excluding carboxylic acids is 2. The summed E-state index contributed by atoms with van der Waals surface area (Å²) >= 11 is 0. The van der Waals surface area contributed by atoms with E-state index in [1.165, 1.54) is 12.1 Å². The third-order valence-corrected chi connectivity index (χ3v) is 5.51. The number of ketones is 2. The van der Waals surface area contributed by atoms with Crippen LogP contribution >= 0.6 is 0 Å². The van der Waals surface area contributed by atoms with Crippen molar-refractivity contribution in [1.82, 2.24) is 0 Å². The topological polar surface area (TPSA) is 91.6 Å². The van der Waals surface area contributed by atoms with Gasteiger partial charge in [0.2, 0.25) is 0 Å². The van der Waals surface area contributed by atoms with E-state index in [0.717, 1.165) is 5.69 Å². The molecule has 1 saturated heterocycles. The molecule has 1 N–H and O–H groups in total. The molecule has 5 rings (SSSR count). The molecule has 154 valence electrons. The first-order valence-corrected chi connectivity index (χ1v) is 10.0. The Morgan fingerprint density at radius 2 is 1.42 bits per heavy atom. The van der Waals surface area contributed by atoms with E-state index < -0.39 is 0 Å². The van der Waals surface area contributed by atoms with Crippen molar-refractivity contribution in [2.24, 2.45) is 10.2 Å². The molecule has 1 heterocycles. The van der Waals surface area contributed by atoms with Crippen LogP contribution < -0.4 is 4.90 Å². The second-order valence-electron chi connectivity index (χ2n) is 7.37. The van der Waals surface area contributed by atoms with Gasteiger partial charge in [-0.2, -0.15) is 5.11 Å². The van der Waals surface area contributed by atoms with Crippen molar-refractivity contribution in [2.45, 2.75) is 0 Å². The largest absolute Gasteiger partial charge is 0.508 e. The van der Waals surface area contributed by atoms with E-state index in [4.69, 9.17) is 4.74 Å². The molecule has 3 aromatic rings. The Balaban J connectivity index is 1.66. The molecule has 0 bridgehead atoms. The minimum absolute atomic E-state index is 0.128. The highest BCUT2D eigenvalue weighted by atomic mass is 16.5. The summed E-state index contributed by atoms with van der Waals surface area (Å²) in [5.41, 5.74) is 3.01. The summed E-state index contributed by atoms with van der Waals surface area (Å²) in [4.78, 5) is 29.0. The molecular formula is C24H19N3O4. The Morgan fingerprint density at radius 3 is 2.10 bits per heavy atom. The molecule has 0 spiro atoms. The lowest BCUT2D eigenvalue weighted by atomic mass is 9.82. The molecule has 1 aliphatic carbocycles. The Morgan fingerprint density at radius 1 is 0.774 bits per heavy atom. The average molecular weight is 413 g/mol. The standard InChI is InChI=1S/C24H19N3O4/c28-16-7-5-15(6-8-16)25-26-19-9-10-20(27-11-13-31-14-12-27)22-21(19)23(29)17-3-1-2-4-18(17)24(22)30/h1-10,28H,11-14H2. The Hall–Kier alpha value is -3.84. The van der Waals surface area contributed by atoms with E-state index in [-0.39, 0.29) is 22.9 Å². The van der Waals surface area contributed by atoms with Crippen molar-refractivity contribution in [1.29, 1.82) is 0 Å². The lowest BCUT2D eigenvalue weighted by Crippen LogP contribution is -2.38. The van der Waals surface area contributed by atoms with Crippen LogP contribution in [0.3, 0.4) is 0 Å². The van der Waals surface area contributed by atoms with E-state index in [0.29, 0.717) is 54.4 Å². The maximum absolute atomic E-state index is 13.5. The lowest BCUT2D eigenvalue weighted by molar-refractivity contribution is 0.0978. The van der Waals surface area contributed by atoms with Crippen LogP contribution in [-0.4, -0.2) is 43.0 Å². The summed E-state index contributed by atoms with van der Waals surface area (Å²) < 4.78 is 5.44. The summed E-state index contributed by atoms with van der Waals surface area (Å²) in [6, 6.07) is 16.7. The number of morpholine rings is 1. The van der Waals surface area contributed by atoms with Gasteiger partial charge in [-0.15, -0.1) is 5.11 Å². The van der Waals surface area contributed by atoms with Gasteiger partial charge in [-0.1, -0.05) is 24.3 Å². The molecule has 0 saturated carbocycles. The van der Waals surface area contributed by atoms with Crippen molar-refractivity contribution >= 4 is 28.6 Å². The number of fused-ring (bicyclic) bond motifs is 2. The molecule has 3 aromatic carbocycles. The highest BCUT2D eigenvalue weighted by Gasteiger charge is 2.35. The normalized spacial score (nSPS) is 15.8. The number of aromatic hydroxyl groups is 1. The molecule has 0 atom stereocenters. The summed E-state index contributed by atoms with van der Waals surface area (Å²) in [5, 5.41) is 17.9. The van der Waals surface area contributed by atoms with Crippen LogP contribution in [0.2, 0.25) is 0 Å². The van der Waals surface area contributed by atoms with Gasteiger partial charge < -0.3 is 14.7 Å². The Kier molecular flexibility index (Phi) is 4.80. The number of hydrogen-bond acceptors (Lipinski definition) is 7. The van der Waals surface area contributed by atoms with Crippen molar-refractivity contribution in [3.8, 4) is 5.75 Å². The minimum atomic E-state index is -0.236. The number of hydrogen-bond donors (Lipinski definition) is 1. The van der Waals surface area contributed by atoms with Crippen molar-refractivity contribution < 1.29 is 19.4 Å². The van der Waals surface area contributed by atoms with Gasteiger partial charge in [-0.25, -0.2) is 0 Å². The van der Waals surface area contributed by atoms with Crippen molar-refractivity contribution in [2.75, 3.05) is 31.2 Å². The number of benzene rings is 3. The number of rotatable bonds is 3. The molecule has 7 nitrogen and oxygen atoms in total. The van der Waals surface area contributed by atoms with Gasteiger partial charge in [-0.05, 0) is 36.4 Å².